The highest BCUT2D eigenvalue weighted by Gasteiger charge is 2.18. The lowest BCUT2D eigenvalue weighted by Gasteiger charge is -2.10. The van der Waals surface area contributed by atoms with Crippen LogP contribution in [0, 0.1) is 0 Å². The molecule has 0 fully saturated rings. The predicted molar refractivity (Wildman–Crippen MR) is 79.0 cm³/mol. The first-order chi connectivity index (χ1) is 10.2. The minimum Gasteiger partial charge on any atom is -0.449 e. The van der Waals surface area contributed by atoms with Gasteiger partial charge in [-0.15, -0.1) is 0 Å². The molecule has 1 aliphatic rings. The van der Waals surface area contributed by atoms with Crippen LogP contribution in [-0.4, -0.2) is 18.6 Å². The number of hydrogen-bond donors (Lipinski definition) is 2. The number of nitrogens with one attached hydrogen (secondary N) is 2. The Bertz CT molecular complexity index is 715. The van der Waals surface area contributed by atoms with Crippen LogP contribution in [0.15, 0.2) is 30.3 Å². The van der Waals surface area contributed by atoms with Crippen molar-refractivity contribution >= 4 is 22.8 Å². The van der Waals surface area contributed by atoms with E-state index in [1.807, 2.05) is 18.2 Å². The van der Waals surface area contributed by atoms with Gasteiger partial charge in [0.25, 0.3) is 5.91 Å². The molecule has 0 atom stereocenters. The average molecular weight is 284 g/mol. The highest BCUT2D eigenvalue weighted by Crippen LogP contribution is 2.32. The van der Waals surface area contributed by atoms with Gasteiger partial charge in [0.05, 0.1) is 6.61 Å². The summed E-state index contributed by atoms with van der Waals surface area (Å²) in [6, 6.07) is 9.78. The first kappa shape index (κ1) is 13.4. The molecule has 5 nitrogen and oxygen atoms in total. The molecular formula is C16H16N2O3. The molecule has 0 unspecified atom stereocenters. The number of rotatable bonds is 2. The number of aryl methyl sites for hydroxylation is 2. The Kier molecular flexibility index (Phi) is 3.48. The van der Waals surface area contributed by atoms with Crippen molar-refractivity contribution in [2.45, 2.75) is 19.8 Å². The van der Waals surface area contributed by atoms with Crippen LogP contribution in [0.1, 0.15) is 28.4 Å². The molecule has 108 valence electrons. The Hall–Kier alpha value is -2.56. The zero-order valence-electron chi connectivity index (χ0n) is 11.7. The Morgan fingerprint density at radius 2 is 1.86 bits per heavy atom. The maximum absolute atomic E-state index is 12.2. The summed E-state index contributed by atoms with van der Waals surface area (Å²) < 4.78 is 4.70. The Labute approximate surface area is 122 Å². The Balaban J connectivity index is 1.88. The van der Waals surface area contributed by atoms with E-state index < -0.39 is 6.09 Å². The molecule has 0 aromatic heterocycles. The Morgan fingerprint density at radius 3 is 2.62 bits per heavy atom. The van der Waals surface area contributed by atoms with E-state index in [4.69, 9.17) is 4.74 Å². The first-order valence-electron chi connectivity index (χ1n) is 6.97. The normalized spacial score (nSPS) is 12.2. The molecule has 1 aliphatic carbocycles. The van der Waals surface area contributed by atoms with E-state index in [9.17, 15) is 9.59 Å². The molecule has 2 aromatic carbocycles. The first-order valence-corrected chi connectivity index (χ1v) is 6.97. The van der Waals surface area contributed by atoms with Crippen molar-refractivity contribution in [2.75, 3.05) is 6.61 Å². The molecule has 5 heteroatoms. The summed E-state index contributed by atoms with van der Waals surface area (Å²) >= 11 is 0. The molecule has 0 radical (unpaired) electrons. The highest BCUT2D eigenvalue weighted by molar-refractivity contribution is 6.09. The summed E-state index contributed by atoms with van der Waals surface area (Å²) in [4.78, 5) is 23.4. The summed E-state index contributed by atoms with van der Waals surface area (Å²) in [5, 5.41) is 2.09. The van der Waals surface area contributed by atoms with Crippen molar-refractivity contribution in [3.63, 3.8) is 0 Å². The van der Waals surface area contributed by atoms with Crippen molar-refractivity contribution in [1.82, 2.24) is 10.9 Å². The van der Waals surface area contributed by atoms with Gasteiger partial charge in [-0.2, -0.15) is 0 Å². The molecule has 0 aliphatic heterocycles. The second-order valence-corrected chi connectivity index (χ2v) is 4.91. The van der Waals surface area contributed by atoms with Crippen molar-refractivity contribution in [1.29, 1.82) is 0 Å². The second kappa shape index (κ2) is 5.44. The minimum absolute atomic E-state index is 0.253. The standard InChI is InChI=1S/C16H16N2O3/c1-2-21-16(20)18-17-15(19)13-9-8-11-7-6-10-4-3-5-12(13)14(10)11/h3-5,8-9H,2,6-7H2,1H3,(H,17,19)(H,18,20). The third kappa shape index (κ3) is 2.42. The van der Waals surface area contributed by atoms with Crippen molar-refractivity contribution in [3.8, 4) is 0 Å². The predicted octanol–water partition coefficient (Wildman–Crippen LogP) is 2.33. The number of benzene rings is 2. The van der Waals surface area contributed by atoms with E-state index in [1.165, 1.54) is 16.5 Å². The quantitative estimate of drug-likeness (QED) is 0.832. The number of amides is 2. The van der Waals surface area contributed by atoms with Crippen molar-refractivity contribution in [3.05, 3.63) is 47.0 Å². The minimum atomic E-state index is -0.670. The average Bonchev–Trinajstić information content (AvgIpc) is 2.91. The lowest BCUT2D eigenvalue weighted by Crippen LogP contribution is -2.42. The van der Waals surface area contributed by atoms with Gasteiger partial charge in [-0.3, -0.25) is 10.2 Å². The zero-order chi connectivity index (χ0) is 14.8. The molecular weight excluding hydrogens is 268 g/mol. The van der Waals surface area contributed by atoms with Crippen molar-refractivity contribution in [2.24, 2.45) is 0 Å². The van der Waals surface area contributed by atoms with Crippen LogP contribution in [0.3, 0.4) is 0 Å². The van der Waals surface area contributed by atoms with Crippen molar-refractivity contribution < 1.29 is 14.3 Å². The number of ether oxygens (including phenoxy) is 1. The second-order valence-electron chi connectivity index (χ2n) is 4.91. The van der Waals surface area contributed by atoms with Gasteiger partial charge in [-0.1, -0.05) is 24.3 Å². The van der Waals surface area contributed by atoms with Crippen LogP contribution in [0.5, 0.6) is 0 Å². The fourth-order valence-corrected chi connectivity index (χ4v) is 2.79. The van der Waals surface area contributed by atoms with Crippen LogP contribution >= 0.6 is 0 Å². The number of carbonyl (C=O) groups is 2. The van der Waals surface area contributed by atoms with Crippen LogP contribution in [-0.2, 0) is 17.6 Å². The lowest BCUT2D eigenvalue weighted by molar-refractivity contribution is 0.0914. The lowest BCUT2D eigenvalue weighted by atomic mass is 10.00. The third-order valence-corrected chi connectivity index (χ3v) is 3.68. The number of hydrazine groups is 1. The molecule has 2 amide bonds. The van der Waals surface area contributed by atoms with E-state index >= 15 is 0 Å². The van der Waals surface area contributed by atoms with Gasteiger partial charge in [0.1, 0.15) is 0 Å². The van der Waals surface area contributed by atoms with Gasteiger partial charge in [0, 0.05) is 5.56 Å². The van der Waals surface area contributed by atoms with Gasteiger partial charge in [0.2, 0.25) is 0 Å². The SMILES string of the molecule is CCOC(=O)NNC(=O)c1ccc2c3c(cccc13)CC2. The molecule has 21 heavy (non-hydrogen) atoms. The van der Waals surface area contributed by atoms with Gasteiger partial charge >= 0.3 is 6.09 Å². The van der Waals surface area contributed by atoms with Crippen LogP contribution in [0.2, 0.25) is 0 Å². The van der Waals surface area contributed by atoms with E-state index in [0.717, 1.165) is 18.2 Å². The monoisotopic (exact) mass is 284 g/mol. The largest absolute Gasteiger partial charge is 0.449 e. The molecule has 0 heterocycles. The van der Waals surface area contributed by atoms with Crippen LogP contribution < -0.4 is 10.9 Å². The van der Waals surface area contributed by atoms with E-state index in [0.29, 0.717) is 5.56 Å². The fourth-order valence-electron chi connectivity index (χ4n) is 2.79. The maximum Gasteiger partial charge on any atom is 0.426 e. The summed E-state index contributed by atoms with van der Waals surface area (Å²) in [5.74, 6) is -0.348. The van der Waals surface area contributed by atoms with Gasteiger partial charge in [-0.25, -0.2) is 10.2 Å². The highest BCUT2D eigenvalue weighted by atomic mass is 16.5. The third-order valence-electron chi connectivity index (χ3n) is 3.68. The molecule has 2 N–H and O–H groups in total. The summed E-state index contributed by atoms with van der Waals surface area (Å²) in [6.07, 6.45) is 1.36. The molecule has 0 bridgehead atoms. The van der Waals surface area contributed by atoms with E-state index in [2.05, 4.69) is 16.9 Å². The molecule has 3 rings (SSSR count). The number of hydrogen-bond acceptors (Lipinski definition) is 3. The van der Waals surface area contributed by atoms with E-state index in [-0.39, 0.29) is 12.5 Å². The smallest absolute Gasteiger partial charge is 0.426 e. The zero-order valence-corrected chi connectivity index (χ0v) is 11.7. The molecule has 2 aromatic rings. The molecule has 0 spiro atoms. The summed E-state index contributed by atoms with van der Waals surface area (Å²) in [6.45, 7) is 1.95. The number of carbonyl (C=O) groups excluding carboxylic acids is 2. The van der Waals surface area contributed by atoms with E-state index in [1.54, 1.807) is 13.0 Å². The summed E-state index contributed by atoms with van der Waals surface area (Å²) in [5.41, 5.74) is 7.70. The maximum atomic E-state index is 12.2. The van der Waals surface area contributed by atoms with Crippen LogP contribution in [0.25, 0.3) is 10.8 Å². The van der Waals surface area contributed by atoms with Gasteiger partial charge < -0.3 is 4.74 Å². The van der Waals surface area contributed by atoms with Gasteiger partial charge in [-0.05, 0) is 47.7 Å². The Morgan fingerprint density at radius 1 is 1.10 bits per heavy atom. The summed E-state index contributed by atoms with van der Waals surface area (Å²) in [7, 11) is 0. The van der Waals surface area contributed by atoms with Gasteiger partial charge in [0.15, 0.2) is 0 Å². The van der Waals surface area contributed by atoms with Crippen LogP contribution in [0.4, 0.5) is 4.79 Å². The fraction of sp³-hybridized carbons (Fsp3) is 0.250. The topological polar surface area (TPSA) is 67.4 Å². The molecule has 0 saturated carbocycles. The molecule has 0 saturated heterocycles.